The highest BCUT2D eigenvalue weighted by atomic mass is 32.1. The molecular weight excluding hydrogens is 366 g/mol. The molecule has 3 heterocycles. The number of anilines is 1. The minimum absolute atomic E-state index is 0.00664. The smallest absolute Gasteiger partial charge is 0.263 e. The summed E-state index contributed by atoms with van der Waals surface area (Å²) in [7, 11) is 0. The predicted octanol–water partition coefficient (Wildman–Crippen LogP) is 3.82. The van der Waals surface area contributed by atoms with Crippen molar-refractivity contribution >= 4 is 39.6 Å². The molecule has 4 rings (SSSR count). The predicted molar refractivity (Wildman–Crippen MR) is 105 cm³/mol. The Bertz CT molecular complexity index is 800. The van der Waals surface area contributed by atoms with Crippen LogP contribution < -0.4 is 5.32 Å². The summed E-state index contributed by atoms with van der Waals surface area (Å²) in [5.41, 5.74) is 1.15. The number of carbonyl (C=O) groups excluding carboxylic acids is 2. The standard InChI is InChI=1S/C19H23N3O2S2/c1-12-6-7-14-16(10-12)26-19(20-14)21-17(23)13-4-2-8-22(11-13)18(24)15-5-3-9-25-15/h3,5,9,12-13H,2,4,6-8,10-11H2,1H3,(H,20,21,23)/t12-,13+/m1/s1. The number of fused-ring (bicyclic) bond motifs is 1. The SMILES string of the molecule is C[C@@H]1CCc2nc(NC(=O)[C@H]3CCCN(C(=O)c4cccs4)C3)sc2C1. The van der Waals surface area contributed by atoms with Crippen LogP contribution in [0, 0.1) is 11.8 Å². The third-order valence-corrected chi connectivity index (χ3v) is 7.12. The Morgan fingerprint density at radius 3 is 3.04 bits per heavy atom. The molecule has 0 aromatic carbocycles. The first kappa shape index (κ1) is 17.7. The second kappa shape index (κ2) is 7.48. The van der Waals surface area contributed by atoms with E-state index in [-0.39, 0.29) is 17.7 Å². The average molecular weight is 390 g/mol. The number of aromatic nitrogens is 1. The summed E-state index contributed by atoms with van der Waals surface area (Å²) in [6, 6.07) is 3.73. The number of carbonyl (C=O) groups is 2. The number of nitrogens with one attached hydrogen (secondary N) is 1. The van der Waals surface area contributed by atoms with E-state index in [1.54, 1.807) is 11.3 Å². The monoisotopic (exact) mass is 389 g/mol. The Balaban J connectivity index is 1.39. The molecule has 7 heteroatoms. The van der Waals surface area contributed by atoms with E-state index < -0.39 is 0 Å². The molecule has 26 heavy (non-hydrogen) atoms. The summed E-state index contributed by atoms with van der Waals surface area (Å²) in [6.07, 6.45) is 4.93. The molecule has 1 aliphatic heterocycles. The summed E-state index contributed by atoms with van der Waals surface area (Å²) < 4.78 is 0. The minimum atomic E-state index is -0.160. The van der Waals surface area contributed by atoms with Gasteiger partial charge in [0.25, 0.3) is 5.91 Å². The lowest BCUT2D eigenvalue weighted by molar-refractivity contribution is -0.121. The number of rotatable bonds is 3. The molecule has 0 saturated carbocycles. The summed E-state index contributed by atoms with van der Waals surface area (Å²) in [5.74, 6) is 0.568. The van der Waals surface area contributed by atoms with Gasteiger partial charge in [0, 0.05) is 18.0 Å². The van der Waals surface area contributed by atoms with Crippen molar-refractivity contribution in [2.45, 2.75) is 39.0 Å². The van der Waals surface area contributed by atoms with Gasteiger partial charge in [-0.15, -0.1) is 22.7 Å². The van der Waals surface area contributed by atoms with Crippen LogP contribution in [-0.2, 0) is 17.6 Å². The van der Waals surface area contributed by atoms with Crippen LogP contribution in [0.4, 0.5) is 5.13 Å². The maximum Gasteiger partial charge on any atom is 0.263 e. The fraction of sp³-hybridized carbons (Fsp3) is 0.526. The lowest BCUT2D eigenvalue weighted by Gasteiger charge is -2.31. The van der Waals surface area contributed by atoms with Crippen LogP contribution >= 0.6 is 22.7 Å². The Morgan fingerprint density at radius 2 is 2.23 bits per heavy atom. The zero-order valence-corrected chi connectivity index (χ0v) is 16.5. The first-order valence-corrected chi connectivity index (χ1v) is 10.9. The lowest BCUT2D eigenvalue weighted by atomic mass is 9.93. The van der Waals surface area contributed by atoms with Crippen LogP contribution in [0.5, 0.6) is 0 Å². The van der Waals surface area contributed by atoms with Gasteiger partial charge in [-0.1, -0.05) is 13.0 Å². The fourth-order valence-corrected chi connectivity index (χ4v) is 5.60. The lowest BCUT2D eigenvalue weighted by Crippen LogP contribution is -2.43. The summed E-state index contributed by atoms with van der Waals surface area (Å²) in [5, 5.41) is 5.64. The number of likely N-dealkylation sites (tertiary alicyclic amines) is 1. The van der Waals surface area contributed by atoms with E-state index in [1.165, 1.54) is 22.6 Å². The van der Waals surface area contributed by atoms with E-state index in [2.05, 4.69) is 17.2 Å². The second-order valence-electron chi connectivity index (χ2n) is 7.29. The van der Waals surface area contributed by atoms with Crippen LogP contribution in [0.25, 0.3) is 0 Å². The van der Waals surface area contributed by atoms with E-state index in [0.717, 1.165) is 47.9 Å². The zero-order chi connectivity index (χ0) is 18.1. The van der Waals surface area contributed by atoms with E-state index >= 15 is 0 Å². The van der Waals surface area contributed by atoms with Gasteiger partial charge in [-0.05, 0) is 49.5 Å². The van der Waals surface area contributed by atoms with Crippen LogP contribution in [0.3, 0.4) is 0 Å². The first-order valence-electron chi connectivity index (χ1n) is 9.22. The van der Waals surface area contributed by atoms with Crippen molar-refractivity contribution < 1.29 is 9.59 Å². The largest absolute Gasteiger partial charge is 0.337 e. The first-order chi connectivity index (χ1) is 12.6. The Labute approximate surface area is 161 Å². The summed E-state index contributed by atoms with van der Waals surface area (Å²) in [4.78, 5) is 33.8. The van der Waals surface area contributed by atoms with Gasteiger partial charge >= 0.3 is 0 Å². The number of hydrogen-bond acceptors (Lipinski definition) is 5. The molecule has 2 amide bonds. The van der Waals surface area contributed by atoms with Crippen molar-refractivity contribution in [3.63, 3.8) is 0 Å². The average Bonchev–Trinajstić information content (AvgIpc) is 3.30. The van der Waals surface area contributed by atoms with Crippen LogP contribution in [-0.4, -0.2) is 34.8 Å². The molecule has 1 aliphatic carbocycles. The highest BCUT2D eigenvalue weighted by Crippen LogP contribution is 2.32. The molecule has 138 valence electrons. The number of hydrogen-bond donors (Lipinski definition) is 1. The van der Waals surface area contributed by atoms with E-state index in [0.29, 0.717) is 12.5 Å². The van der Waals surface area contributed by atoms with Crippen LogP contribution in [0.2, 0.25) is 0 Å². The molecule has 5 nitrogen and oxygen atoms in total. The molecule has 1 saturated heterocycles. The van der Waals surface area contributed by atoms with E-state index in [1.807, 2.05) is 22.4 Å². The molecule has 0 unspecified atom stereocenters. The highest BCUT2D eigenvalue weighted by molar-refractivity contribution is 7.15. The number of piperidine rings is 1. The zero-order valence-electron chi connectivity index (χ0n) is 14.9. The van der Waals surface area contributed by atoms with E-state index in [4.69, 9.17) is 0 Å². The molecule has 2 aromatic heterocycles. The third-order valence-electron chi connectivity index (χ3n) is 5.23. The van der Waals surface area contributed by atoms with E-state index in [9.17, 15) is 9.59 Å². The quantitative estimate of drug-likeness (QED) is 0.868. The van der Waals surface area contributed by atoms with Gasteiger partial charge in [0.2, 0.25) is 5.91 Å². The van der Waals surface area contributed by atoms with Gasteiger partial charge in [-0.25, -0.2) is 4.98 Å². The van der Waals surface area contributed by atoms with Crippen molar-refractivity contribution in [2.75, 3.05) is 18.4 Å². The molecule has 2 aliphatic rings. The Morgan fingerprint density at radius 1 is 1.35 bits per heavy atom. The highest BCUT2D eigenvalue weighted by Gasteiger charge is 2.30. The maximum atomic E-state index is 12.7. The van der Waals surface area contributed by atoms with Crippen molar-refractivity contribution in [1.29, 1.82) is 0 Å². The third kappa shape index (κ3) is 3.69. The van der Waals surface area contributed by atoms with Crippen molar-refractivity contribution in [3.8, 4) is 0 Å². The fourth-order valence-electron chi connectivity index (χ4n) is 3.73. The van der Waals surface area contributed by atoms with Crippen LogP contribution in [0.15, 0.2) is 17.5 Å². The van der Waals surface area contributed by atoms with Crippen LogP contribution in [0.1, 0.15) is 46.4 Å². The second-order valence-corrected chi connectivity index (χ2v) is 9.33. The molecule has 0 bridgehead atoms. The molecule has 0 radical (unpaired) electrons. The number of amides is 2. The molecule has 1 N–H and O–H groups in total. The number of aryl methyl sites for hydroxylation is 1. The van der Waals surface area contributed by atoms with Gasteiger partial charge in [-0.2, -0.15) is 0 Å². The number of thiazole rings is 1. The summed E-state index contributed by atoms with van der Waals surface area (Å²) in [6.45, 7) is 3.48. The van der Waals surface area contributed by atoms with Gasteiger partial charge in [-0.3, -0.25) is 9.59 Å². The molecular formula is C19H23N3O2S2. The summed E-state index contributed by atoms with van der Waals surface area (Å²) >= 11 is 3.07. The van der Waals surface area contributed by atoms with Crippen molar-refractivity contribution in [3.05, 3.63) is 33.0 Å². The molecule has 2 aromatic rings. The molecule has 0 spiro atoms. The topological polar surface area (TPSA) is 62.3 Å². The van der Waals surface area contributed by atoms with Gasteiger partial charge in [0.05, 0.1) is 16.5 Å². The number of thiophene rings is 1. The van der Waals surface area contributed by atoms with Gasteiger partial charge in [0.1, 0.15) is 0 Å². The molecule has 2 atom stereocenters. The van der Waals surface area contributed by atoms with Gasteiger partial charge < -0.3 is 10.2 Å². The Hall–Kier alpha value is -1.73. The number of nitrogens with zero attached hydrogens (tertiary/aromatic N) is 2. The maximum absolute atomic E-state index is 12.7. The minimum Gasteiger partial charge on any atom is -0.337 e. The Kier molecular flexibility index (Phi) is 5.09. The van der Waals surface area contributed by atoms with Crippen molar-refractivity contribution in [2.24, 2.45) is 11.8 Å². The normalized spacial score (nSPS) is 22.7. The molecule has 1 fully saturated rings. The van der Waals surface area contributed by atoms with Gasteiger partial charge in [0.15, 0.2) is 5.13 Å². The van der Waals surface area contributed by atoms with Crippen molar-refractivity contribution in [1.82, 2.24) is 9.88 Å².